The lowest BCUT2D eigenvalue weighted by molar-refractivity contribution is -0.914. The van der Waals surface area contributed by atoms with Gasteiger partial charge in [-0.3, -0.25) is 9.28 Å². The average Bonchev–Trinajstić information content (AvgIpc) is 2.51. The fraction of sp³-hybridized carbons (Fsp3) is 0.952. The molecule has 0 aromatic carbocycles. The van der Waals surface area contributed by atoms with Crippen LogP contribution in [0, 0.1) is 0 Å². The Bertz CT molecular complexity index is 303. The topological polar surface area (TPSA) is 26.3 Å². The van der Waals surface area contributed by atoms with Gasteiger partial charge in [0.1, 0.15) is 0 Å². The molecule has 0 aromatic rings. The average molecular weight is 378 g/mol. The summed E-state index contributed by atoms with van der Waals surface area (Å²) in [6, 6.07) is 0. The minimum atomic E-state index is -0.0699. The van der Waals surface area contributed by atoms with Gasteiger partial charge in [-0.1, -0.05) is 84.0 Å². The molecule has 0 saturated carbocycles. The molecule has 0 rings (SSSR count). The first kappa shape index (κ1) is 26.9. The van der Waals surface area contributed by atoms with Crippen molar-refractivity contribution in [3.8, 4) is 0 Å². The molecule has 3 nitrogen and oxygen atoms in total. The number of hydrogen-bond acceptors (Lipinski definition) is 2. The van der Waals surface area contributed by atoms with E-state index in [2.05, 4.69) is 6.92 Å². The lowest BCUT2D eigenvalue weighted by atomic mass is 10.0. The molecule has 0 heterocycles. The van der Waals surface area contributed by atoms with Crippen molar-refractivity contribution in [3.63, 3.8) is 0 Å². The lowest BCUT2D eigenvalue weighted by Crippen LogP contribution is -3.00. The molecule has 0 radical (unpaired) electrons. The summed E-state index contributed by atoms with van der Waals surface area (Å²) in [5, 5.41) is 0. The summed E-state index contributed by atoms with van der Waals surface area (Å²) in [5.41, 5.74) is 0. The van der Waals surface area contributed by atoms with Crippen LogP contribution in [0.1, 0.15) is 104 Å². The van der Waals surface area contributed by atoms with Gasteiger partial charge < -0.3 is 17.1 Å². The molecular weight excluding hydrogens is 334 g/mol. The SMILES string of the molecule is CCCCCCCCCCCCCCCC(=O)OC(C)[N+](C)(C)C.[Cl-]. The van der Waals surface area contributed by atoms with Crippen LogP contribution in [0.15, 0.2) is 0 Å². The fourth-order valence-corrected chi connectivity index (χ4v) is 2.69. The van der Waals surface area contributed by atoms with Crippen molar-refractivity contribution in [2.45, 2.75) is 110 Å². The van der Waals surface area contributed by atoms with Crippen LogP contribution in [0.3, 0.4) is 0 Å². The molecule has 152 valence electrons. The summed E-state index contributed by atoms with van der Waals surface area (Å²) in [6.45, 7) is 4.23. The second-order valence-corrected chi connectivity index (χ2v) is 8.20. The Morgan fingerprint density at radius 3 is 1.48 bits per heavy atom. The molecule has 0 bridgehead atoms. The molecule has 0 N–H and O–H groups in total. The number of quaternary nitrogens is 1. The van der Waals surface area contributed by atoms with Crippen molar-refractivity contribution in [1.29, 1.82) is 0 Å². The maximum absolute atomic E-state index is 11.8. The number of halogens is 1. The van der Waals surface area contributed by atoms with E-state index < -0.39 is 0 Å². The molecule has 0 amide bonds. The van der Waals surface area contributed by atoms with Crippen LogP contribution in [0.25, 0.3) is 0 Å². The van der Waals surface area contributed by atoms with Crippen molar-refractivity contribution in [2.24, 2.45) is 0 Å². The van der Waals surface area contributed by atoms with Crippen LogP contribution in [0.2, 0.25) is 0 Å². The highest BCUT2D eigenvalue weighted by Crippen LogP contribution is 2.13. The Labute approximate surface area is 163 Å². The van der Waals surface area contributed by atoms with Crippen LogP contribution < -0.4 is 12.4 Å². The maximum atomic E-state index is 11.8. The van der Waals surface area contributed by atoms with E-state index in [1.165, 1.54) is 70.6 Å². The summed E-state index contributed by atoms with van der Waals surface area (Å²) in [5.74, 6) is -0.0429. The number of rotatable bonds is 16. The number of nitrogens with zero attached hydrogens (tertiary/aromatic N) is 1. The Balaban J connectivity index is 0. The molecule has 0 aliphatic rings. The summed E-state index contributed by atoms with van der Waals surface area (Å²) in [6.07, 6.45) is 17.8. The number of esters is 1. The molecule has 0 fully saturated rings. The van der Waals surface area contributed by atoms with Gasteiger partial charge >= 0.3 is 5.97 Å². The van der Waals surface area contributed by atoms with E-state index in [0.29, 0.717) is 10.9 Å². The van der Waals surface area contributed by atoms with Gasteiger partial charge in [0.05, 0.1) is 21.1 Å². The van der Waals surface area contributed by atoms with E-state index in [9.17, 15) is 4.79 Å². The number of ether oxygens (including phenoxy) is 1. The molecule has 0 saturated heterocycles. The van der Waals surface area contributed by atoms with Crippen molar-refractivity contribution < 1.29 is 26.4 Å². The second-order valence-electron chi connectivity index (χ2n) is 8.20. The zero-order valence-corrected chi connectivity index (χ0v) is 18.4. The van der Waals surface area contributed by atoms with Gasteiger partial charge in [-0.15, -0.1) is 0 Å². The van der Waals surface area contributed by atoms with Crippen molar-refractivity contribution in [2.75, 3.05) is 21.1 Å². The highest BCUT2D eigenvalue weighted by Gasteiger charge is 2.21. The van der Waals surface area contributed by atoms with Crippen LogP contribution in [-0.4, -0.2) is 37.8 Å². The van der Waals surface area contributed by atoms with Crippen LogP contribution >= 0.6 is 0 Å². The van der Waals surface area contributed by atoms with E-state index in [1.54, 1.807) is 0 Å². The highest BCUT2D eigenvalue weighted by molar-refractivity contribution is 5.69. The van der Waals surface area contributed by atoms with Gasteiger partial charge in [-0.2, -0.15) is 0 Å². The molecule has 4 heteroatoms. The standard InChI is InChI=1S/C21H44NO2.ClH/c1-6-7-8-9-10-11-12-13-14-15-16-17-18-19-21(23)24-20(2)22(3,4)5;/h20H,6-19H2,1-5H3;1H/q+1;/p-1. The quantitative estimate of drug-likeness (QED) is 0.179. The number of hydrogen-bond donors (Lipinski definition) is 0. The Hall–Kier alpha value is -0.280. The van der Waals surface area contributed by atoms with E-state index in [4.69, 9.17) is 4.74 Å². The van der Waals surface area contributed by atoms with Gasteiger partial charge in [0.2, 0.25) is 6.23 Å². The lowest BCUT2D eigenvalue weighted by Gasteiger charge is -2.30. The summed E-state index contributed by atoms with van der Waals surface area (Å²) < 4.78 is 6.11. The predicted molar refractivity (Wildman–Crippen MR) is 104 cm³/mol. The monoisotopic (exact) mass is 377 g/mol. The largest absolute Gasteiger partial charge is 1.00 e. The van der Waals surface area contributed by atoms with Crippen LogP contribution in [-0.2, 0) is 9.53 Å². The Morgan fingerprint density at radius 1 is 0.760 bits per heavy atom. The van der Waals surface area contributed by atoms with Gasteiger partial charge in [0, 0.05) is 13.3 Å². The first-order valence-electron chi connectivity index (χ1n) is 10.4. The minimum absolute atomic E-state index is 0. The highest BCUT2D eigenvalue weighted by atomic mass is 35.5. The second kappa shape index (κ2) is 17.1. The Kier molecular flexibility index (Phi) is 18.5. The van der Waals surface area contributed by atoms with E-state index in [0.717, 1.165) is 12.8 Å². The molecule has 0 aliphatic carbocycles. The third-order valence-corrected chi connectivity index (χ3v) is 4.88. The number of unbranched alkanes of at least 4 members (excludes halogenated alkanes) is 12. The maximum Gasteiger partial charge on any atom is 0.310 e. The van der Waals surface area contributed by atoms with Crippen molar-refractivity contribution in [1.82, 2.24) is 0 Å². The third-order valence-electron chi connectivity index (χ3n) is 4.88. The first-order valence-corrected chi connectivity index (χ1v) is 10.4. The molecule has 1 unspecified atom stereocenters. The number of carbonyl (C=O) groups is 1. The van der Waals surface area contributed by atoms with Gasteiger partial charge in [0.15, 0.2) is 0 Å². The van der Waals surface area contributed by atoms with Crippen molar-refractivity contribution in [3.05, 3.63) is 0 Å². The minimum Gasteiger partial charge on any atom is -1.00 e. The fourth-order valence-electron chi connectivity index (χ4n) is 2.69. The normalized spacial score (nSPS) is 12.5. The zero-order chi connectivity index (χ0) is 18.3. The van der Waals surface area contributed by atoms with Gasteiger partial charge in [-0.05, 0) is 6.42 Å². The predicted octanol–water partition coefficient (Wildman–Crippen LogP) is 3.07. The third kappa shape index (κ3) is 18.3. The first-order chi connectivity index (χ1) is 11.4. The molecule has 0 aliphatic heterocycles. The number of carbonyl (C=O) groups excluding carboxylic acids is 1. The summed E-state index contributed by atoms with van der Waals surface area (Å²) in [4.78, 5) is 11.8. The van der Waals surface area contributed by atoms with Gasteiger partial charge in [-0.25, -0.2) is 0 Å². The molecular formula is C21H44ClNO2. The zero-order valence-electron chi connectivity index (χ0n) is 17.6. The van der Waals surface area contributed by atoms with E-state index in [-0.39, 0.29) is 24.6 Å². The molecule has 0 aromatic heterocycles. The molecule has 1 atom stereocenters. The molecule has 0 spiro atoms. The smallest absolute Gasteiger partial charge is 0.310 e. The van der Waals surface area contributed by atoms with E-state index >= 15 is 0 Å². The Morgan fingerprint density at radius 2 is 1.12 bits per heavy atom. The summed E-state index contributed by atoms with van der Waals surface area (Å²) in [7, 11) is 6.13. The van der Waals surface area contributed by atoms with E-state index in [1.807, 2.05) is 28.1 Å². The van der Waals surface area contributed by atoms with Crippen LogP contribution in [0.4, 0.5) is 0 Å². The van der Waals surface area contributed by atoms with Crippen LogP contribution in [0.5, 0.6) is 0 Å². The van der Waals surface area contributed by atoms with Crippen molar-refractivity contribution >= 4 is 5.97 Å². The molecule has 25 heavy (non-hydrogen) atoms. The van der Waals surface area contributed by atoms with Gasteiger partial charge in [0.25, 0.3) is 0 Å². The summed E-state index contributed by atoms with van der Waals surface area (Å²) >= 11 is 0.